The Hall–Kier alpha value is -2.57. The average Bonchev–Trinajstić information content (AvgIpc) is 2.94. The van der Waals surface area contributed by atoms with E-state index in [-0.39, 0.29) is 11.3 Å². The molecule has 2 heterocycles. The van der Waals surface area contributed by atoms with Crippen molar-refractivity contribution < 1.29 is 19.1 Å². The van der Waals surface area contributed by atoms with Gasteiger partial charge < -0.3 is 14.8 Å². The van der Waals surface area contributed by atoms with Gasteiger partial charge in [0.15, 0.2) is 5.76 Å². The van der Waals surface area contributed by atoms with Gasteiger partial charge in [-0.15, -0.1) is 0 Å². The number of carboxylic acids is 1. The summed E-state index contributed by atoms with van der Waals surface area (Å²) in [6.45, 7) is 0.290. The molecule has 7 nitrogen and oxygen atoms in total. The number of furan rings is 1. The molecule has 7 heteroatoms. The minimum Gasteiger partial charge on any atom is -0.478 e. The van der Waals surface area contributed by atoms with E-state index >= 15 is 0 Å². The van der Waals surface area contributed by atoms with Gasteiger partial charge in [0, 0.05) is 19.3 Å². The van der Waals surface area contributed by atoms with Crippen molar-refractivity contribution in [3.63, 3.8) is 0 Å². The highest BCUT2D eigenvalue weighted by molar-refractivity contribution is 5.95. The van der Waals surface area contributed by atoms with Crippen LogP contribution in [0.1, 0.15) is 26.6 Å². The zero-order valence-corrected chi connectivity index (χ0v) is 9.58. The second kappa shape index (κ2) is 4.74. The smallest absolute Gasteiger partial charge is 0.338 e. The summed E-state index contributed by atoms with van der Waals surface area (Å²) in [7, 11) is 1.76. The van der Waals surface area contributed by atoms with Gasteiger partial charge in [0.05, 0.1) is 17.8 Å². The van der Waals surface area contributed by atoms with Crippen LogP contribution in [0.5, 0.6) is 0 Å². The predicted molar refractivity (Wildman–Crippen MR) is 60.0 cm³/mol. The Morgan fingerprint density at radius 1 is 1.56 bits per heavy atom. The third-order valence-corrected chi connectivity index (χ3v) is 2.42. The Bertz CT molecular complexity index is 585. The fraction of sp³-hybridized carbons (Fsp3) is 0.182. The maximum absolute atomic E-state index is 11.7. The lowest BCUT2D eigenvalue weighted by molar-refractivity contribution is 0.0696. The largest absolute Gasteiger partial charge is 0.478 e. The summed E-state index contributed by atoms with van der Waals surface area (Å²) in [6, 6.07) is 2.95. The number of nitrogens with zero attached hydrogens (tertiary/aromatic N) is 2. The Morgan fingerprint density at radius 3 is 2.89 bits per heavy atom. The number of amides is 1. The van der Waals surface area contributed by atoms with Gasteiger partial charge in [0.2, 0.25) is 0 Å². The first-order valence-corrected chi connectivity index (χ1v) is 5.15. The second-order valence-electron chi connectivity index (χ2n) is 3.63. The van der Waals surface area contributed by atoms with Gasteiger partial charge in [0.25, 0.3) is 5.91 Å². The first-order valence-electron chi connectivity index (χ1n) is 5.15. The van der Waals surface area contributed by atoms with Crippen LogP contribution in [0.3, 0.4) is 0 Å². The molecular formula is C11H11N3O4. The van der Waals surface area contributed by atoms with Crippen LogP contribution in [-0.4, -0.2) is 26.8 Å². The van der Waals surface area contributed by atoms with Crippen molar-refractivity contribution in [1.29, 1.82) is 0 Å². The quantitative estimate of drug-likeness (QED) is 0.828. The van der Waals surface area contributed by atoms with Gasteiger partial charge in [-0.1, -0.05) is 0 Å². The number of carbonyl (C=O) groups is 2. The number of hydrogen-bond acceptors (Lipinski definition) is 4. The SMILES string of the molecule is Cn1nccc1CNC(=O)c1cc(C(=O)O)co1. The zero-order chi connectivity index (χ0) is 13.1. The molecule has 0 atom stereocenters. The molecule has 94 valence electrons. The number of rotatable bonds is 4. The highest BCUT2D eigenvalue weighted by atomic mass is 16.4. The molecule has 0 radical (unpaired) electrons. The lowest BCUT2D eigenvalue weighted by Gasteiger charge is -2.03. The van der Waals surface area contributed by atoms with E-state index in [1.54, 1.807) is 24.0 Å². The normalized spacial score (nSPS) is 10.3. The molecule has 0 aromatic carbocycles. The molecule has 18 heavy (non-hydrogen) atoms. The van der Waals surface area contributed by atoms with E-state index in [0.29, 0.717) is 6.54 Å². The van der Waals surface area contributed by atoms with Crippen LogP contribution in [0.2, 0.25) is 0 Å². The van der Waals surface area contributed by atoms with Gasteiger partial charge in [-0.05, 0) is 6.07 Å². The number of nitrogens with one attached hydrogen (secondary N) is 1. The summed E-state index contributed by atoms with van der Waals surface area (Å²) in [5, 5.41) is 15.3. The molecule has 1 amide bonds. The van der Waals surface area contributed by atoms with Crippen molar-refractivity contribution in [2.75, 3.05) is 0 Å². The van der Waals surface area contributed by atoms with Crippen molar-refractivity contribution in [1.82, 2.24) is 15.1 Å². The minimum absolute atomic E-state index is 0.0328. The Kier molecular flexibility index (Phi) is 3.13. The van der Waals surface area contributed by atoms with Crippen LogP contribution in [0.15, 0.2) is 29.0 Å². The minimum atomic E-state index is -1.13. The summed E-state index contributed by atoms with van der Waals surface area (Å²) >= 11 is 0. The van der Waals surface area contributed by atoms with Gasteiger partial charge in [-0.3, -0.25) is 9.48 Å². The molecule has 0 saturated carbocycles. The predicted octanol–water partition coefficient (Wildman–Crippen LogP) is 0.641. The van der Waals surface area contributed by atoms with Crippen LogP contribution < -0.4 is 5.32 Å². The summed E-state index contributed by atoms with van der Waals surface area (Å²) in [4.78, 5) is 22.3. The van der Waals surface area contributed by atoms with Crippen molar-refractivity contribution >= 4 is 11.9 Å². The highest BCUT2D eigenvalue weighted by Crippen LogP contribution is 2.08. The molecule has 0 aliphatic heterocycles. The molecule has 0 bridgehead atoms. The molecule has 2 aromatic heterocycles. The molecule has 2 rings (SSSR count). The Morgan fingerprint density at radius 2 is 2.33 bits per heavy atom. The number of aryl methyl sites for hydroxylation is 1. The number of aromatic nitrogens is 2. The van der Waals surface area contributed by atoms with E-state index in [1.165, 1.54) is 6.07 Å². The molecule has 2 aromatic rings. The van der Waals surface area contributed by atoms with Crippen molar-refractivity contribution in [3.8, 4) is 0 Å². The number of hydrogen-bond donors (Lipinski definition) is 2. The number of carboxylic acid groups (broad SMARTS) is 1. The monoisotopic (exact) mass is 249 g/mol. The fourth-order valence-corrected chi connectivity index (χ4v) is 1.40. The zero-order valence-electron chi connectivity index (χ0n) is 9.58. The molecule has 0 fully saturated rings. The fourth-order valence-electron chi connectivity index (χ4n) is 1.40. The maximum Gasteiger partial charge on any atom is 0.338 e. The first kappa shape index (κ1) is 11.9. The lowest BCUT2D eigenvalue weighted by atomic mass is 10.3. The molecule has 2 N–H and O–H groups in total. The maximum atomic E-state index is 11.7. The second-order valence-corrected chi connectivity index (χ2v) is 3.63. The molecule has 0 saturated heterocycles. The highest BCUT2D eigenvalue weighted by Gasteiger charge is 2.14. The van der Waals surface area contributed by atoms with Gasteiger partial charge >= 0.3 is 5.97 Å². The van der Waals surface area contributed by atoms with Crippen LogP contribution in [0, 0.1) is 0 Å². The molecule has 0 aliphatic carbocycles. The molecular weight excluding hydrogens is 238 g/mol. The number of carbonyl (C=O) groups excluding carboxylic acids is 1. The van der Waals surface area contributed by atoms with E-state index in [4.69, 9.17) is 9.52 Å². The molecule has 0 spiro atoms. The third kappa shape index (κ3) is 2.40. The Balaban J connectivity index is 1.99. The van der Waals surface area contributed by atoms with Crippen LogP contribution in [-0.2, 0) is 13.6 Å². The van der Waals surface area contributed by atoms with Crippen molar-refractivity contribution in [2.24, 2.45) is 7.05 Å². The topological polar surface area (TPSA) is 97.4 Å². The summed E-state index contributed by atoms with van der Waals surface area (Å²) in [5.74, 6) is -1.64. The lowest BCUT2D eigenvalue weighted by Crippen LogP contribution is -2.23. The first-order chi connectivity index (χ1) is 8.58. The van der Waals surface area contributed by atoms with Crippen molar-refractivity contribution in [2.45, 2.75) is 6.54 Å². The molecule has 0 unspecified atom stereocenters. The van der Waals surface area contributed by atoms with E-state index in [0.717, 1.165) is 12.0 Å². The third-order valence-electron chi connectivity index (χ3n) is 2.42. The van der Waals surface area contributed by atoms with E-state index < -0.39 is 11.9 Å². The Labute approximate surface area is 102 Å². The van der Waals surface area contributed by atoms with E-state index in [1.807, 2.05) is 0 Å². The number of aromatic carboxylic acids is 1. The van der Waals surface area contributed by atoms with Crippen molar-refractivity contribution in [3.05, 3.63) is 41.6 Å². The summed E-state index contributed by atoms with van der Waals surface area (Å²) in [6.07, 6.45) is 2.65. The summed E-state index contributed by atoms with van der Waals surface area (Å²) in [5.41, 5.74) is 0.772. The van der Waals surface area contributed by atoms with Crippen LogP contribution in [0.25, 0.3) is 0 Å². The van der Waals surface area contributed by atoms with Crippen LogP contribution >= 0.6 is 0 Å². The average molecular weight is 249 g/mol. The van der Waals surface area contributed by atoms with Gasteiger partial charge in [-0.25, -0.2) is 4.79 Å². The van der Waals surface area contributed by atoms with E-state index in [9.17, 15) is 9.59 Å². The summed E-state index contributed by atoms with van der Waals surface area (Å²) < 4.78 is 6.50. The standard InChI is InChI=1S/C11H11N3O4/c1-14-8(2-3-13-14)5-12-10(15)9-4-7(6-18-9)11(16)17/h2-4,6H,5H2,1H3,(H,12,15)(H,16,17). The molecule has 0 aliphatic rings. The van der Waals surface area contributed by atoms with Gasteiger partial charge in [0.1, 0.15) is 6.26 Å². The van der Waals surface area contributed by atoms with Crippen LogP contribution in [0.4, 0.5) is 0 Å². The van der Waals surface area contributed by atoms with E-state index in [2.05, 4.69) is 10.4 Å². The van der Waals surface area contributed by atoms with Gasteiger partial charge in [-0.2, -0.15) is 5.10 Å².